The maximum absolute atomic E-state index is 11.5. The molecule has 3 aromatic rings. The molecule has 0 aliphatic heterocycles. The van der Waals surface area contributed by atoms with Gasteiger partial charge in [-0.25, -0.2) is 18.5 Å². The van der Waals surface area contributed by atoms with Gasteiger partial charge in [0.1, 0.15) is 5.69 Å². The Balaban J connectivity index is 1.95. The molecule has 7 nitrogen and oxygen atoms in total. The summed E-state index contributed by atoms with van der Waals surface area (Å²) in [6.07, 6.45) is 1.30. The highest BCUT2D eigenvalue weighted by molar-refractivity contribution is 7.89. The Bertz CT molecular complexity index is 1060. The molecule has 0 atom stereocenters. The molecular weight excluding hydrogens is 380 g/mol. The van der Waals surface area contributed by atoms with Gasteiger partial charge in [-0.15, -0.1) is 0 Å². The van der Waals surface area contributed by atoms with Crippen molar-refractivity contribution < 1.29 is 22.4 Å². The van der Waals surface area contributed by atoms with Crippen LogP contribution in [-0.4, -0.2) is 26.5 Å². The van der Waals surface area contributed by atoms with Gasteiger partial charge in [0.25, 0.3) is 0 Å². The second kappa shape index (κ2) is 8.37. The summed E-state index contributed by atoms with van der Waals surface area (Å²) in [5.41, 5.74) is 2.20. The number of benzene rings is 2. The van der Waals surface area contributed by atoms with Crippen LogP contribution in [0.25, 0.3) is 22.6 Å². The zero-order valence-corrected chi connectivity index (χ0v) is 16.1. The van der Waals surface area contributed by atoms with Crippen molar-refractivity contribution in [3.05, 3.63) is 60.5 Å². The minimum absolute atomic E-state index is 0.0235. The molecule has 1 heterocycles. The van der Waals surface area contributed by atoms with Crippen LogP contribution in [0, 0.1) is 0 Å². The molecule has 146 valence electrons. The van der Waals surface area contributed by atoms with E-state index in [9.17, 15) is 13.2 Å². The third-order valence-corrected chi connectivity index (χ3v) is 5.09. The fourth-order valence-electron chi connectivity index (χ4n) is 2.74. The van der Waals surface area contributed by atoms with E-state index in [0.29, 0.717) is 35.7 Å². The summed E-state index contributed by atoms with van der Waals surface area (Å²) in [5.74, 6) is 0.738. The number of carbonyl (C=O) groups excluding carboxylic acids is 1. The minimum atomic E-state index is -3.77. The van der Waals surface area contributed by atoms with Crippen molar-refractivity contribution in [1.82, 2.24) is 4.98 Å². The van der Waals surface area contributed by atoms with Gasteiger partial charge in [-0.1, -0.05) is 30.3 Å². The number of nitrogens with zero attached hydrogens (tertiary/aromatic N) is 1. The fourth-order valence-corrected chi connectivity index (χ4v) is 3.26. The molecule has 0 unspecified atom stereocenters. The molecule has 0 amide bonds. The molecule has 0 fully saturated rings. The molecule has 0 aliphatic rings. The summed E-state index contributed by atoms with van der Waals surface area (Å²) in [4.78, 5) is 15.9. The fraction of sp³-hybridized carbons (Fsp3) is 0.200. The first-order valence-electron chi connectivity index (χ1n) is 8.63. The second-order valence-electron chi connectivity index (χ2n) is 6.15. The Morgan fingerprint density at radius 2 is 1.75 bits per heavy atom. The Hall–Kier alpha value is -2.97. The summed E-state index contributed by atoms with van der Waals surface area (Å²) in [6, 6.07) is 15.6. The molecule has 0 radical (unpaired) electrons. The number of hydrogen-bond donors (Lipinski definition) is 1. The van der Waals surface area contributed by atoms with Gasteiger partial charge in [0.05, 0.1) is 12.0 Å². The number of ether oxygens (including phenoxy) is 1. The van der Waals surface area contributed by atoms with E-state index in [1.165, 1.54) is 19.2 Å². The Morgan fingerprint density at radius 3 is 2.36 bits per heavy atom. The van der Waals surface area contributed by atoms with E-state index in [2.05, 4.69) is 9.72 Å². The van der Waals surface area contributed by atoms with Crippen LogP contribution in [0.4, 0.5) is 0 Å². The number of carbonyl (C=O) groups is 1. The van der Waals surface area contributed by atoms with Gasteiger partial charge >= 0.3 is 5.97 Å². The quantitative estimate of drug-likeness (QED) is 0.610. The lowest BCUT2D eigenvalue weighted by Crippen LogP contribution is -2.11. The molecule has 1 aromatic heterocycles. The maximum Gasteiger partial charge on any atom is 0.305 e. The van der Waals surface area contributed by atoms with Crippen molar-refractivity contribution in [1.29, 1.82) is 0 Å². The van der Waals surface area contributed by atoms with Crippen LogP contribution in [0.15, 0.2) is 63.9 Å². The van der Waals surface area contributed by atoms with Crippen LogP contribution >= 0.6 is 0 Å². The van der Waals surface area contributed by atoms with Gasteiger partial charge in [0.15, 0.2) is 11.7 Å². The molecule has 0 aliphatic carbocycles. The second-order valence-corrected chi connectivity index (χ2v) is 7.71. The van der Waals surface area contributed by atoms with E-state index in [-0.39, 0.29) is 17.3 Å². The van der Waals surface area contributed by atoms with Crippen LogP contribution in [-0.2, 0) is 26.0 Å². The smallest absolute Gasteiger partial charge is 0.305 e. The first-order valence-corrected chi connectivity index (χ1v) is 10.2. The van der Waals surface area contributed by atoms with E-state index in [1.807, 2.05) is 30.3 Å². The van der Waals surface area contributed by atoms with Crippen LogP contribution in [0.3, 0.4) is 0 Å². The number of methoxy groups -OCH3 is 1. The Labute approximate surface area is 163 Å². The van der Waals surface area contributed by atoms with E-state index in [4.69, 9.17) is 9.56 Å². The molecular formula is C20H20N2O5S. The SMILES string of the molecule is COC(=O)CCCc1nc(-c2ccccc2)c(-c2ccc(S(N)(=O)=O)cc2)o1. The van der Waals surface area contributed by atoms with Crippen molar-refractivity contribution in [3.8, 4) is 22.6 Å². The molecule has 28 heavy (non-hydrogen) atoms. The van der Waals surface area contributed by atoms with Crippen molar-refractivity contribution in [2.45, 2.75) is 24.2 Å². The summed E-state index contributed by atoms with van der Waals surface area (Å²) in [7, 11) is -2.42. The molecule has 3 rings (SSSR count). The third-order valence-electron chi connectivity index (χ3n) is 4.16. The van der Waals surface area contributed by atoms with Gasteiger partial charge in [0.2, 0.25) is 10.0 Å². The summed E-state index contributed by atoms with van der Waals surface area (Å²) < 4.78 is 33.5. The zero-order chi connectivity index (χ0) is 20.1. The van der Waals surface area contributed by atoms with E-state index in [0.717, 1.165) is 5.56 Å². The monoisotopic (exact) mass is 400 g/mol. The predicted molar refractivity (Wildman–Crippen MR) is 104 cm³/mol. The zero-order valence-electron chi connectivity index (χ0n) is 15.3. The number of esters is 1. The van der Waals surface area contributed by atoms with E-state index < -0.39 is 10.0 Å². The van der Waals surface area contributed by atoms with Crippen LogP contribution in [0.1, 0.15) is 18.7 Å². The van der Waals surface area contributed by atoms with Crippen molar-refractivity contribution >= 4 is 16.0 Å². The number of aryl methyl sites for hydroxylation is 1. The standard InChI is InChI=1S/C20H20N2O5S/c1-26-18(23)9-5-8-17-22-19(14-6-3-2-4-7-14)20(27-17)15-10-12-16(13-11-15)28(21,24)25/h2-4,6-7,10-13H,5,8-9H2,1H3,(H2,21,24,25). The Kier molecular flexibility index (Phi) is 5.91. The molecule has 0 saturated carbocycles. The number of oxazole rings is 1. The van der Waals surface area contributed by atoms with E-state index >= 15 is 0 Å². The maximum atomic E-state index is 11.5. The van der Waals surface area contributed by atoms with Crippen molar-refractivity contribution in [2.24, 2.45) is 5.14 Å². The van der Waals surface area contributed by atoms with E-state index in [1.54, 1.807) is 12.1 Å². The van der Waals surface area contributed by atoms with Gasteiger partial charge in [0, 0.05) is 24.0 Å². The van der Waals surface area contributed by atoms with Crippen LogP contribution in [0.5, 0.6) is 0 Å². The topological polar surface area (TPSA) is 112 Å². The summed E-state index contributed by atoms with van der Waals surface area (Å²) >= 11 is 0. The largest absolute Gasteiger partial charge is 0.469 e. The number of aromatic nitrogens is 1. The first-order chi connectivity index (χ1) is 13.4. The van der Waals surface area contributed by atoms with Gasteiger partial charge in [-0.2, -0.15) is 0 Å². The van der Waals surface area contributed by atoms with Crippen molar-refractivity contribution in [3.63, 3.8) is 0 Å². The molecule has 2 aromatic carbocycles. The number of sulfonamides is 1. The minimum Gasteiger partial charge on any atom is -0.469 e. The summed E-state index contributed by atoms with van der Waals surface area (Å²) in [5, 5.41) is 5.16. The molecule has 0 spiro atoms. The highest BCUT2D eigenvalue weighted by Crippen LogP contribution is 2.33. The lowest BCUT2D eigenvalue weighted by Gasteiger charge is -2.03. The molecule has 0 bridgehead atoms. The van der Waals surface area contributed by atoms with Crippen LogP contribution < -0.4 is 5.14 Å². The number of rotatable bonds is 7. The number of hydrogen-bond acceptors (Lipinski definition) is 6. The third kappa shape index (κ3) is 4.65. The predicted octanol–water partition coefficient (Wildman–Crippen LogP) is 3.15. The molecule has 0 saturated heterocycles. The lowest BCUT2D eigenvalue weighted by atomic mass is 10.1. The molecule has 2 N–H and O–H groups in total. The summed E-state index contributed by atoms with van der Waals surface area (Å²) in [6.45, 7) is 0. The van der Waals surface area contributed by atoms with Gasteiger partial charge < -0.3 is 9.15 Å². The average Bonchev–Trinajstić information content (AvgIpc) is 3.12. The van der Waals surface area contributed by atoms with Gasteiger partial charge in [-0.3, -0.25) is 4.79 Å². The molecule has 8 heteroatoms. The Morgan fingerprint density at radius 1 is 1.07 bits per heavy atom. The average molecular weight is 400 g/mol. The lowest BCUT2D eigenvalue weighted by molar-refractivity contribution is -0.140. The normalized spacial score (nSPS) is 11.4. The van der Waals surface area contributed by atoms with Crippen molar-refractivity contribution in [2.75, 3.05) is 7.11 Å². The highest BCUT2D eigenvalue weighted by atomic mass is 32.2. The number of primary sulfonamides is 1. The van der Waals surface area contributed by atoms with Crippen LogP contribution in [0.2, 0.25) is 0 Å². The number of nitrogens with two attached hydrogens (primary N) is 1. The van der Waals surface area contributed by atoms with Gasteiger partial charge in [-0.05, 0) is 30.7 Å². The highest BCUT2D eigenvalue weighted by Gasteiger charge is 2.18. The first kappa shape index (κ1) is 19.8.